The van der Waals surface area contributed by atoms with E-state index < -0.39 is 23.7 Å². The average Bonchev–Trinajstić information content (AvgIpc) is 2.45. The summed E-state index contributed by atoms with van der Waals surface area (Å²) in [4.78, 5) is 16.3. The third kappa shape index (κ3) is 5.16. The Morgan fingerprint density at radius 1 is 1.39 bits per heavy atom. The van der Waals surface area contributed by atoms with E-state index in [1.165, 1.54) is 6.20 Å². The van der Waals surface area contributed by atoms with Gasteiger partial charge in [-0.25, -0.2) is 9.19 Å². The Morgan fingerprint density at radius 3 is 2.65 bits per heavy atom. The Hall–Kier alpha value is -1.69. The van der Waals surface area contributed by atoms with Gasteiger partial charge < -0.3 is 10.5 Å². The molecule has 1 aliphatic heterocycles. The van der Waals surface area contributed by atoms with Crippen molar-refractivity contribution in [1.29, 1.82) is 0 Å². The van der Waals surface area contributed by atoms with E-state index in [2.05, 4.69) is 40.5 Å². The summed E-state index contributed by atoms with van der Waals surface area (Å²) in [6, 6.07) is 1.57. The van der Waals surface area contributed by atoms with Gasteiger partial charge in [0.25, 0.3) is 5.91 Å². The first-order valence-corrected chi connectivity index (χ1v) is 12.7. The van der Waals surface area contributed by atoms with E-state index in [1.54, 1.807) is 6.07 Å². The summed E-state index contributed by atoms with van der Waals surface area (Å²) in [5, 5.41) is 0. The fourth-order valence-corrected chi connectivity index (χ4v) is 3.89. The molecule has 0 radical (unpaired) electrons. The quantitative estimate of drug-likeness (QED) is 0.611. The van der Waals surface area contributed by atoms with E-state index in [4.69, 9.17) is 10.5 Å². The van der Waals surface area contributed by atoms with Crippen molar-refractivity contribution < 1.29 is 13.7 Å². The lowest BCUT2D eigenvalue weighted by atomic mass is 10.2. The van der Waals surface area contributed by atoms with Gasteiger partial charge in [-0.2, -0.15) is 4.36 Å². The highest BCUT2D eigenvalue weighted by atomic mass is 32.2. The van der Waals surface area contributed by atoms with Crippen molar-refractivity contribution in [1.82, 2.24) is 4.98 Å². The molecule has 0 unspecified atom stereocenters. The second-order valence-electron chi connectivity index (χ2n) is 6.35. The molecule has 0 aromatic carbocycles. The average molecular weight is 352 g/mol. The predicted octanol–water partition coefficient (Wildman–Crippen LogP) is 1.53. The first kappa shape index (κ1) is 17.7. The Balaban J connectivity index is 2.33. The highest BCUT2D eigenvalue weighted by molar-refractivity contribution is 7.94. The minimum Gasteiger partial charge on any atom is -0.383 e. The monoisotopic (exact) mass is 351 g/mol. The Bertz CT molecular complexity index is 784. The fourth-order valence-electron chi connectivity index (χ4n) is 1.82. The summed E-state index contributed by atoms with van der Waals surface area (Å²) in [5.74, 6) is 3.30. The number of nitrogen functional groups attached to an aromatic ring is 1. The van der Waals surface area contributed by atoms with Crippen molar-refractivity contribution in [3.63, 3.8) is 0 Å². The van der Waals surface area contributed by atoms with Gasteiger partial charge in [0.2, 0.25) is 0 Å². The number of anilines is 1. The molecule has 1 aromatic rings. The fraction of sp³-hybridized carbons (Fsp3) is 0.467. The zero-order valence-electron chi connectivity index (χ0n) is 13.6. The van der Waals surface area contributed by atoms with Crippen LogP contribution in [0.5, 0.6) is 0 Å². The van der Waals surface area contributed by atoms with E-state index in [0.29, 0.717) is 18.8 Å². The zero-order chi connectivity index (χ0) is 17.1. The van der Waals surface area contributed by atoms with Crippen LogP contribution in [0.25, 0.3) is 0 Å². The van der Waals surface area contributed by atoms with Crippen molar-refractivity contribution in [2.75, 3.05) is 30.5 Å². The molecule has 0 saturated carbocycles. The first-order chi connectivity index (χ1) is 10.7. The molecule has 0 spiro atoms. The number of nitrogens with two attached hydrogens (primary N) is 1. The number of amides is 1. The Morgan fingerprint density at radius 2 is 2.04 bits per heavy atom. The molecular formula is C15H21N3O3SSi. The number of nitrogens with zero attached hydrogens (tertiary/aromatic N) is 2. The molecular weight excluding hydrogens is 330 g/mol. The number of aromatic nitrogens is 1. The van der Waals surface area contributed by atoms with Crippen LogP contribution in [0.3, 0.4) is 0 Å². The van der Waals surface area contributed by atoms with Gasteiger partial charge >= 0.3 is 0 Å². The van der Waals surface area contributed by atoms with Gasteiger partial charge in [-0.3, -0.25) is 4.79 Å². The van der Waals surface area contributed by atoms with E-state index >= 15 is 0 Å². The van der Waals surface area contributed by atoms with Crippen molar-refractivity contribution in [2.24, 2.45) is 4.36 Å². The molecule has 0 atom stereocenters. The topological polar surface area (TPSA) is 94.6 Å². The Kier molecular flexibility index (Phi) is 5.24. The molecule has 124 valence electrons. The molecule has 2 N–H and O–H groups in total. The maximum absolute atomic E-state index is 12.5. The van der Waals surface area contributed by atoms with Crippen LogP contribution in [0.1, 0.15) is 15.9 Å². The first-order valence-electron chi connectivity index (χ1n) is 7.32. The highest BCUT2D eigenvalue weighted by Crippen LogP contribution is 2.13. The van der Waals surface area contributed by atoms with E-state index in [9.17, 15) is 9.00 Å². The molecule has 1 aromatic heterocycles. The molecule has 1 saturated heterocycles. The minimum atomic E-state index is -2.53. The van der Waals surface area contributed by atoms with E-state index in [0.717, 1.165) is 0 Å². The van der Waals surface area contributed by atoms with Gasteiger partial charge in [-0.1, -0.05) is 25.6 Å². The summed E-state index contributed by atoms with van der Waals surface area (Å²) < 4.78 is 21.5. The van der Waals surface area contributed by atoms with Crippen molar-refractivity contribution >= 4 is 29.5 Å². The number of hydrogen-bond acceptors (Lipinski definition) is 5. The number of pyridine rings is 1. The van der Waals surface area contributed by atoms with Crippen LogP contribution < -0.4 is 5.73 Å². The summed E-state index contributed by atoms with van der Waals surface area (Å²) in [6.07, 6.45) is 1.35. The molecule has 0 aliphatic carbocycles. The van der Waals surface area contributed by atoms with Crippen LogP contribution >= 0.6 is 0 Å². The van der Waals surface area contributed by atoms with E-state index in [1.807, 2.05) is 0 Å². The molecule has 1 amide bonds. The normalized spacial score (nSPS) is 17.0. The highest BCUT2D eigenvalue weighted by Gasteiger charge is 2.18. The number of ether oxygens (including phenoxy) is 1. The van der Waals surface area contributed by atoms with Gasteiger partial charge in [0.05, 0.1) is 45.6 Å². The van der Waals surface area contributed by atoms with Gasteiger partial charge in [0.1, 0.15) is 13.9 Å². The maximum Gasteiger partial charge on any atom is 0.286 e. The molecule has 0 bridgehead atoms. The largest absolute Gasteiger partial charge is 0.383 e. The van der Waals surface area contributed by atoms with Crippen LogP contribution in [0, 0.1) is 11.5 Å². The van der Waals surface area contributed by atoms with Crippen LogP contribution in [0.15, 0.2) is 16.6 Å². The molecule has 23 heavy (non-hydrogen) atoms. The standard InChI is InChI=1S/C15H21N3O3SSi/c1-23(2,3)9-4-12-10-13(11-17-14(12)16)15(19)18-22(20)7-5-21-6-8-22/h10-11H,5-8H2,1-3H3,(H2,16,17). The van der Waals surface area contributed by atoms with Crippen molar-refractivity contribution in [3.05, 3.63) is 23.4 Å². The lowest BCUT2D eigenvalue weighted by Crippen LogP contribution is -2.26. The molecule has 8 heteroatoms. The van der Waals surface area contributed by atoms with Crippen LogP contribution in [0.4, 0.5) is 5.82 Å². The SMILES string of the molecule is C[Si](C)(C)C#Cc1cc(C(=O)N=S2(=O)CCOCC2)cnc1N. The zero-order valence-corrected chi connectivity index (χ0v) is 15.4. The molecule has 2 heterocycles. The number of rotatable bonds is 1. The lowest BCUT2D eigenvalue weighted by Gasteiger charge is -2.15. The molecule has 1 fully saturated rings. The second-order valence-corrected chi connectivity index (χ2v) is 13.6. The summed E-state index contributed by atoms with van der Waals surface area (Å²) in [5.41, 5.74) is 9.77. The van der Waals surface area contributed by atoms with Crippen LogP contribution in [-0.4, -0.2) is 47.9 Å². The number of hydrogen-bond donors (Lipinski definition) is 1. The van der Waals surface area contributed by atoms with Crippen molar-refractivity contribution in [2.45, 2.75) is 19.6 Å². The van der Waals surface area contributed by atoms with Crippen molar-refractivity contribution in [3.8, 4) is 11.5 Å². The second kappa shape index (κ2) is 6.82. The lowest BCUT2D eigenvalue weighted by molar-refractivity contribution is 0.100. The summed E-state index contributed by atoms with van der Waals surface area (Å²) in [7, 11) is -4.10. The third-order valence-corrected chi connectivity index (χ3v) is 6.06. The smallest absolute Gasteiger partial charge is 0.286 e. The molecule has 1 aliphatic rings. The minimum absolute atomic E-state index is 0.258. The molecule has 2 rings (SSSR count). The van der Waals surface area contributed by atoms with Crippen LogP contribution in [-0.2, 0) is 14.5 Å². The summed E-state index contributed by atoms with van der Waals surface area (Å²) >= 11 is 0. The summed E-state index contributed by atoms with van der Waals surface area (Å²) in [6.45, 7) is 7.07. The van der Waals surface area contributed by atoms with E-state index in [-0.39, 0.29) is 22.9 Å². The number of carbonyl (C=O) groups excluding carboxylic acids is 1. The molecule has 6 nitrogen and oxygen atoms in total. The maximum atomic E-state index is 12.5. The number of carbonyl (C=O) groups is 1. The Labute approximate surface area is 138 Å². The van der Waals surface area contributed by atoms with Gasteiger partial charge in [0.15, 0.2) is 0 Å². The van der Waals surface area contributed by atoms with Gasteiger partial charge in [-0.15, -0.1) is 5.54 Å². The third-order valence-electron chi connectivity index (χ3n) is 3.08. The van der Waals surface area contributed by atoms with Gasteiger partial charge in [0, 0.05) is 6.20 Å². The van der Waals surface area contributed by atoms with Gasteiger partial charge in [-0.05, 0) is 6.07 Å². The van der Waals surface area contributed by atoms with Crippen LogP contribution in [0.2, 0.25) is 19.6 Å². The predicted molar refractivity (Wildman–Crippen MR) is 94.3 cm³/mol.